The summed E-state index contributed by atoms with van der Waals surface area (Å²) in [5.41, 5.74) is 2.14. The summed E-state index contributed by atoms with van der Waals surface area (Å²) in [5, 5.41) is 4.75. The Morgan fingerprint density at radius 2 is 1.68 bits per heavy atom. The van der Waals surface area contributed by atoms with Gasteiger partial charge in [-0.05, 0) is 54.4 Å². The topological polar surface area (TPSA) is 55.4 Å². The molecular formula is C21H19NO3. The summed E-state index contributed by atoms with van der Waals surface area (Å²) in [5.74, 6) is -0.877. The first-order chi connectivity index (χ1) is 12.0. The van der Waals surface area contributed by atoms with Gasteiger partial charge in [-0.1, -0.05) is 42.5 Å². The van der Waals surface area contributed by atoms with E-state index in [1.54, 1.807) is 25.1 Å². The van der Waals surface area contributed by atoms with Crippen LogP contribution in [-0.2, 0) is 9.53 Å². The number of esters is 1. The van der Waals surface area contributed by atoms with E-state index in [2.05, 4.69) is 5.32 Å². The molecule has 0 radical (unpaired) electrons. The minimum absolute atomic E-state index is 0.361. The van der Waals surface area contributed by atoms with E-state index < -0.39 is 12.1 Å². The average molecular weight is 333 g/mol. The van der Waals surface area contributed by atoms with Gasteiger partial charge in [-0.25, -0.2) is 4.79 Å². The van der Waals surface area contributed by atoms with Crippen molar-refractivity contribution in [1.29, 1.82) is 0 Å². The van der Waals surface area contributed by atoms with Crippen molar-refractivity contribution >= 4 is 28.3 Å². The number of ether oxygens (including phenoxy) is 1. The maximum atomic E-state index is 12.3. The summed E-state index contributed by atoms with van der Waals surface area (Å²) < 4.78 is 5.30. The summed E-state index contributed by atoms with van der Waals surface area (Å²) in [6.45, 7) is 3.50. The van der Waals surface area contributed by atoms with E-state index in [1.165, 1.54) is 0 Å². The predicted octanol–water partition coefficient (Wildman–Crippen LogP) is 4.33. The molecule has 4 nitrogen and oxygen atoms in total. The average Bonchev–Trinajstić information content (AvgIpc) is 2.61. The van der Waals surface area contributed by atoms with Crippen molar-refractivity contribution in [2.24, 2.45) is 0 Å². The molecule has 0 heterocycles. The number of amides is 1. The SMILES string of the molecule is Cc1cccc(NC(=O)[C@H](C)OC(=O)c2ccc3ccccc3c2)c1. The molecule has 0 aromatic heterocycles. The lowest BCUT2D eigenvalue weighted by Crippen LogP contribution is -2.30. The van der Waals surface area contributed by atoms with Crippen molar-refractivity contribution in [3.8, 4) is 0 Å². The molecule has 1 atom stereocenters. The van der Waals surface area contributed by atoms with E-state index in [0.717, 1.165) is 16.3 Å². The van der Waals surface area contributed by atoms with Crippen LogP contribution in [0.4, 0.5) is 5.69 Å². The number of rotatable bonds is 4. The third-order valence-electron chi connectivity index (χ3n) is 3.92. The second-order valence-electron chi connectivity index (χ2n) is 5.97. The minimum Gasteiger partial charge on any atom is -0.449 e. The number of anilines is 1. The molecule has 0 spiro atoms. The molecule has 1 amide bonds. The quantitative estimate of drug-likeness (QED) is 0.723. The van der Waals surface area contributed by atoms with Gasteiger partial charge in [0.1, 0.15) is 0 Å². The van der Waals surface area contributed by atoms with Crippen molar-refractivity contribution in [2.45, 2.75) is 20.0 Å². The van der Waals surface area contributed by atoms with Crippen molar-refractivity contribution in [3.63, 3.8) is 0 Å². The molecule has 1 N–H and O–H groups in total. The van der Waals surface area contributed by atoms with Gasteiger partial charge in [0, 0.05) is 5.69 Å². The summed E-state index contributed by atoms with van der Waals surface area (Å²) in [6, 6.07) is 20.5. The summed E-state index contributed by atoms with van der Waals surface area (Å²) in [4.78, 5) is 24.5. The molecule has 3 aromatic rings. The van der Waals surface area contributed by atoms with E-state index in [-0.39, 0.29) is 5.91 Å². The smallest absolute Gasteiger partial charge is 0.338 e. The molecule has 0 bridgehead atoms. The molecule has 3 rings (SSSR count). The molecule has 25 heavy (non-hydrogen) atoms. The molecule has 3 aromatic carbocycles. The van der Waals surface area contributed by atoms with E-state index in [0.29, 0.717) is 11.3 Å². The zero-order valence-electron chi connectivity index (χ0n) is 14.2. The molecule has 126 valence electrons. The third-order valence-corrected chi connectivity index (χ3v) is 3.92. The normalized spacial score (nSPS) is 11.8. The lowest BCUT2D eigenvalue weighted by Gasteiger charge is -2.14. The molecule has 0 aliphatic carbocycles. The Kier molecular flexibility index (Phi) is 4.80. The first kappa shape index (κ1) is 16.7. The van der Waals surface area contributed by atoms with Crippen LogP contribution in [0, 0.1) is 6.92 Å². The number of hydrogen-bond donors (Lipinski definition) is 1. The lowest BCUT2D eigenvalue weighted by molar-refractivity contribution is -0.123. The fourth-order valence-electron chi connectivity index (χ4n) is 2.57. The standard InChI is InChI=1S/C21H19NO3/c1-14-6-5-9-19(12-14)22-20(23)15(2)25-21(24)18-11-10-16-7-3-4-8-17(16)13-18/h3-13,15H,1-2H3,(H,22,23)/t15-/m0/s1. The van der Waals surface area contributed by atoms with Gasteiger partial charge in [-0.15, -0.1) is 0 Å². The van der Waals surface area contributed by atoms with E-state index in [1.807, 2.05) is 55.5 Å². The first-order valence-corrected chi connectivity index (χ1v) is 8.10. The van der Waals surface area contributed by atoms with E-state index >= 15 is 0 Å². The summed E-state index contributed by atoms with van der Waals surface area (Å²) in [6.07, 6.45) is -0.889. The Hall–Kier alpha value is -3.14. The number of carbonyl (C=O) groups excluding carboxylic acids is 2. The molecular weight excluding hydrogens is 314 g/mol. The Balaban J connectivity index is 1.67. The van der Waals surface area contributed by atoms with E-state index in [9.17, 15) is 9.59 Å². The molecule has 0 aliphatic heterocycles. The number of hydrogen-bond acceptors (Lipinski definition) is 3. The highest BCUT2D eigenvalue weighted by Gasteiger charge is 2.19. The van der Waals surface area contributed by atoms with Gasteiger partial charge >= 0.3 is 5.97 Å². The van der Waals surface area contributed by atoms with Gasteiger partial charge in [0.15, 0.2) is 6.10 Å². The molecule has 0 saturated carbocycles. The Morgan fingerprint density at radius 3 is 2.44 bits per heavy atom. The molecule has 0 unspecified atom stereocenters. The van der Waals surface area contributed by atoms with Crippen LogP contribution in [-0.4, -0.2) is 18.0 Å². The molecule has 0 saturated heterocycles. The minimum atomic E-state index is -0.889. The van der Waals surface area contributed by atoms with Gasteiger partial charge in [0.2, 0.25) is 0 Å². The Labute approximate surface area is 146 Å². The maximum Gasteiger partial charge on any atom is 0.338 e. The number of nitrogens with one attached hydrogen (secondary N) is 1. The molecule has 0 fully saturated rings. The van der Waals surface area contributed by atoms with Crippen LogP contribution in [0.2, 0.25) is 0 Å². The van der Waals surface area contributed by atoms with Gasteiger partial charge in [-0.3, -0.25) is 4.79 Å². The zero-order chi connectivity index (χ0) is 17.8. The van der Waals surface area contributed by atoms with Crippen LogP contribution < -0.4 is 5.32 Å². The van der Waals surface area contributed by atoms with Crippen LogP contribution in [0.25, 0.3) is 10.8 Å². The van der Waals surface area contributed by atoms with Crippen LogP contribution in [0.15, 0.2) is 66.7 Å². The highest BCUT2D eigenvalue weighted by Crippen LogP contribution is 2.17. The van der Waals surface area contributed by atoms with Crippen molar-refractivity contribution in [2.75, 3.05) is 5.32 Å². The first-order valence-electron chi connectivity index (χ1n) is 8.10. The maximum absolute atomic E-state index is 12.3. The van der Waals surface area contributed by atoms with Crippen LogP contribution >= 0.6 is 0 Å². The zero-order valence-corrected chi connectivity index (χ0v) is 14.2. The fourth-order valence-corrected chi connectivity index (χ4v) is 2.57. The van der Waals surface area contributed by atoms with Gasteiger partial charge in [0.05, 0.1) is 5.56 Å². The largest absolute Gasteiger partial charge is 0.449 e. The van der Waals surface area contributed by atoms with Gasteiger partial charge in [0.25, 0.3) is 5.91 Å². The highest BCUT2D eigenvalue weighted by molar-refractivity contribution is 5.99. The summed E-state index contributed by atoms with van der Waals surface area (Å²) in [7, 11) is 0. The predicted molar refractivity (Wildman–Crippen MR) is 98.6 cm³/mol. The van der Waals surface area contributed by atoms with E-state index in [4.69, 9.17) is 4.74 Å². The number of fused-ring (bicyclic) bond motifs is 1. The monoisotopic (exact) mass is 333 g/mol. The molecule has 0 aliphatic rings. The van der Waals surface area contributed by atoms with Crippen LogP contribution in [0.5, 0.6) is 0 Å². The second-order valence-corrected chi connectivity index (χ2v) is 5.97. The summed E-state index contributed by atoms with van der Waals surface area (Å²) >= 11 is 0. The van der Waals surface area contributed by atoms with Gasteiger partial charge in [-0.2, -0.15) is 0 Å². The number of benzene rings is 3. The highest BCUT2D eigenvalue weighted by atomic mass is 16.5. The lowest BCUT2D eigenvalue weighted by atomic mass is 10.1. The van der Waals surface area contributed by atoms with Crippen molar-refractivity contribution in [3.05, 3.63) is 77.9 Å². The third kappa shape index (κ3) is 4.04. The van der Waals surface area contributed by atoms with Crippen molar-refractivity contribution < 1.29 is 14.3 Å². The Bertz CT molecular complexity index is 933. The van der Waals surface area contributed by atoms with Crippen molar-refractivity contribution in [1.82, 2.24) is 0 Å². The second kappa shape index (κ2) is 7.18. The van der Waals surface area contributed by atoms with Crippen LogP contribution in [0.3, 0.4) is 0 Å². The van der Waals surface area contributed by atoms with Gasteiger partial charge < -0.3 is 10.1 Å². The fraction of sp³-hybridized carbons (Fsp3) is 0.143. The molecule has 4 heteroatoms. The number of aryl methyl sites for hydroxylation is 1. The number of carbonyl (C=O) groups is 2. The van der Waals surface area contributed by atoms with Crippen LogP contribution in [0.1, 0.15) is 22.8 Å². The Morgan fingerprint density at radius 1 is 0.920 bits per heavy atom.